The van der Waals surface area contributed by atoms with Crippen LogP contribution in [0.2, 0.25) is 0 Å². The summed E-state index contributed by atoms with van der Waals surface area (Å²) in [7, 11) is 0. The Morgan fingerprint density at radius 3 is 1.44 bits per heavy atom. The van der Waals surface area contributed by atoms with Crippen molar-refractivity contribution in [3.63, 3.8) is 0 Å². The Morgan fingerprint density at radius 2 is 1.04 bits per heavy atom. The van der Waals surface area contributed by atoms with Crippen molar-refractivity contribution in [3.05, 3.63) is 57.5 Å². The Balaban J connectivity index is 1.72. The van der Waals surface area contributed by atoms with Crippen molar-refractivity contribution in [2.24, 2.45) is 0 Å². The van der Waals surface area contributed by atoms with Gasteiger partial charge in [0.2, 0.25) is 11.3 Å². The van der Waals surface area contributed by atoms with Crippen LogP contribution in [0.1, 0.15) is 0 Å². The van der Waals surface area contributed by atoms with Crippen LogP contribution < -0.4 is 10.6 Å². The van der Waals surface area contributed by atoms with Gasteiger partial charge in [-0.2, -0.15) is 0 Å². The summed E-state index contributed by atoms with van der Waals surface area (Å²) in [5, 5.41) is 14.0. The lowest BCUT2D eigenvalue weighted by Gasteiger charge is -2.12. The fourth-order valence-corrected chi connectivity index (χ4v) is 2.68. The quantitative estimate of drug-likeness (QED) is 0.440. The topological polar surface area (TPSA) is 88.8 Å². The fourth-order valence-electron chi connectivity index (χ4n) is 2.15. The van der Waals surface area contributed by atoms with Gasteiger partial charge >= 0.3 is 0 Å². The number of nitrogens with one attached hydrogen (secondary N) is 2. The number of anilines is 4. The van der Waals surface area contributed by atoms with E-state index in [9.17, 15) is 0 Å². The molecular weight excluding hydrogens is 452 g/mol. The van der Waals surface area contributed by atoms with Gasteiger partial charge in [-0.05, 0) is 58.8 Å². The molecule has 0 saturated carbocycles. The Kier molecular flexibility index (Phi) is 4.33. The highest BCUT2D eigenvalue weighted by atomic mass is 79.9. The highest BCUT2D eigenvalue weighted by Crippen LogP contribution is 2.27. The van der Waals surface area contributed by atoms with Crippen LogP contribution in [0.4, 0.5) is 23.0 Å². The third-order valence-corrected chi connectivity index (χ3v) is 4.39. The molecular formula is C16H10Br2N6O. The minimum absolute atomic E-state index is 0.334. The molecule has 4 aromatic rings. The lowest BCUT2D eigenvalue weighted by molar-refractivity contribution is 0.314. The highest BCUT2D eigenvalue weighted by molar-refractivity contribution is 9.10. The standard InChI is InChI=1S/C16H10Br2N6O/c17-9-1-5-11(6-2-9)19-13-14(20-12-7-3-10(18)4-8-12)22-16-15(21-13)23-25-24-16/h1-8H,(H,19,21,23)(H,20,22,24). The van der Waals surface area contributed by atoms with E-state index in [0.717, 1.165) is 20.3 Å². The average Bonchev–Trinajstić information content (AvgIpc) is 3.06. The molecule has 2 heterocycles. The number of benzene rings is 2. The molecule has 0 radical (unpaired) electrons. The summed E-state index contributed by atoms with van der Waals surface area (Å²) < 4.78 is 6.70. The maximum absolute atomic E-state index is 4.71. The first-order valence-electron chi connectivity index (χ1n) is 7.23. The number of nitrogens with zero attached hydrogens (tertiary/aromatic N) is 4. The number of fused-ring (bicyclic) bond motifs is 1. The van der Waals surface area contributed by atoms with Crippen molar-refractivity contribution < 1.29 is 4.63 Å². The molecule has 0 amide bonds. The molecule has 124 valence electrons. The van der Waals surface area contributed by atoms with E-state index in [-0.39, 0.29) is 0 Å². The zero-order valence-electron chi connectivity index (χ0n) is 12.6. The Hall–Kier alpha value is -2.52. The SMILES string of the molecule is Brc1ccc(Nc2nc3nonc3nc2Nc2ccc(Br)cc2)cc1. The highest BCUT2D eigenvalue weighted by Gasteiger charge is 2.13. The third kappa shape index (κ3) is 3.62. The maximum atomic E-state index is 4.71. The second-order valence-electron chi connectivity index (χ2n) is 5.10. The van der Waals surface area contributed by atoms with Crippen LogP contribution in [0, 0.1) is 0 Å². The van der Waals surface area contributed by atoms with E-state index in [1.807, 2.05) is 48.5 Å². The molecule has 0 aliphatic carbocycles. The van der Waals surface area contributed by atoms with Crippen molar-refractivity contribution in [1.82, 2.24) is 20.3 Å². The maximum Gasteiger partial charge on any atom is 0.245 e. The van der Waals surface area contributed by atoms with Gasteiger partial charge < -0.3 is 10.6 Å². The van der Waals surface area contributed by atoms with E-state index in [1.54, 1.807) is 0 Å². The predicted octanol–water partition coefficient (Wildman–Crippen LogP) is 5.03. The average molecular weight is 462 g/mol. The van der Waals surface area contributed by atoms with Crippen molar-refractivity contribution in [3.8, 4) is 0 Å². The predicted molar refractivity (Wildman–Crippen MR) is 102 cm³/mol. The molecule has 2 aromatic heterocycles. The van der Waals surface area contributed by atoms with Gasteiger partial charge in [0.25, 0.3) is 0 Å². The van der Waals surface area contributed by atoms with Crippen LogP contribution in [-0.2, 0) is 0 Å². The molecule has 0 spiro atoms. The third-order valence-electron chi connectivity index (χ3n) is 3.33. The second-order valence-corrected chi connectivity index (χ2v) is 6.93. The summed E-state index contributed by atoms with van der Waals surface area (Å²) in [6.07, 6.45) is 0. The smallest absolute Gasteiger partial charge is 0.245 e. The van der Waals surface area contributed by atoms with Crippen molar-refractivity contribution >= 4 is 66.2 Å². The van der Waals surface area contributed by atoms with E-state index < -0.39 is 0 Å². The van der Waals surface area contributed by atoms with Crippen molar-refractivity contribution in [2.75, 3.05) is 10.6 Å². The molecule has 0 saturated heterocycles. The van der Waals surface area contributed by atoms with Gasteiger partial charge in [-0.25, -0.2) is 14.6 Å². The monoisotopic (exact) mass is 460 g/mol. The molecule has 9 heteroatoms. The molecule has 2 aromatic carbocycles. The lowest BCUT2D eigenvalue weighted by atomic mass is 10.3. The molecule has 0 aliphatic rings. The van der Waals surface area contributed by atoms with Gasteiger partial charge in [0.1, 0.15) is 0 Å². The van der Waals surface area contributed by atoms with Gasteiger partial charge in [0.05, 0.1) is 0 Å². The van der Waals surface area contributed by atoms with Crippen LogP contribution in [0.25, 0.3) is 11.3 Å². The first kappa shape index (κ1) is 16.0. The number of hydrogen-bond donors (Lipinski definition) is 2. The first-order valence-corrected chi connectivity index (χ1v) is 8.81. The molecule has 0 aliphatic heterocycles. The Labute approximate surface area is 159 Å². The molecule has 0 bridgehead atoms. The molecule has 4 rings (SSSR count). The second kappa shape index (κ2) is 6.77. The number of aromatic nitrogens is 4. The first-order chi connectivity index (χ1) is 12.2. The molecule has 2 N–H and O–H groups in total. The van der Waals surface area contributed by atoms with Gasteiger partial charge in [0.15, 0.2) is 11.6 Å². The Bertz CT molecular complexity index is 936. The van der Waals surface area contributed by atoms with Crippen LogP contribution >= 0.6 is 31.9 Å². The zero-order chi connectivity index (χ0) is 17.2. The summed E-state index contributed by atoms with van der Waals surface area (Å²) in [4.78, 5) is 8.88. The van der Waals surface area contributed by atoms with E-state index in [0.29, 0.717) is 22.9 Å². The minimum Gasteiger partial charge on any atom is -0.337 e. The van der Waals surface area contributed by atoms with Gasteiger partial charge in [-0.1, -0.05) is 31.9 Å². The normalized spacial score (nSPS) is 10.8. The van der Waals surface area contributed by atoms with E-state index >= 15 is 0 Å². The number of halogens is 2. The Morgan fingerprint density at radius 1 is 0.640 bits per heavy atom. The van der Waals surface area contributed by atoms with E-state index in [2.05, 4.69) is 62.8 Å². The lowest BCUT2D eigenvalue weighted by Crippen LogP contribution is -2.03. The van der Waals surface area contributed by atoms with E-state index in [4.69, 9.17) is 4.63 Å². The number of rotatable bonds is 4. The van der Waals surface area contributed by atoms with Crippen LogP contribution in [0.3, 0.4) is 0 Å². The summed E-state index contributed by atoms with van der Waals surface area (Å²) in [5.41, 5.74) is 2.40. The molecule has 7 nitrogen and oxygen atoms in total. The summed E-state index contributed by atoms with van der Waals surface area (Å²) in [6.45, 7) is 0. The zero-order valence-corrected chi connectivity index (χ0v) is 15.7. The molecule has 0 atom stereocenters. The van der Waals surface area contributed by atoms with Gasteiger partial charge in [0, 0.05) is 20.3 Å². The van der Waals surface area contributed by atoms with E-state index in [1.165, 1.54) is 0 Å². The van der Waals surface area contributed by atoms with Crippen molar-refractivity contribution in [2.45, 2.75) is 0 Å². The minimum atomic E-state index is 0.334. The molecule has 0 unspecified atom stereocenters. The van der Waals surface area contributed by atoms with Crippen molar-refractivity contribution in [1.29, 1.82) is 0 Å². The van der Waals surface area contributed by atoms with Gasteiger partial charge in [-0.15, -0.1) is 0 Å². The van der Waals surface area contributed by atoms with Gasteiger partial charge in [-0.3, -0.25) is 0 Å². The largest absolute Gasteiger partial charge is 0.337 e. The summed E-state index contributed by atoms with van der Waals surface area (Å²) in [6, 6.07) is 15.5. The number of hydrogen-bond acceptors (Lipinski definition) is 7. The van der Waals surface area contributed by atoms with Crippen LogP contribution in [0.5, 0.6) is 0 Å². The van der Waals surface area contributed by atoms with Crippen LogP contribution in [0.15, 0.2) is 62.1 Å². The van der Waals surface area contributed by atoms with Crippen LogP contribution in [-0.4, -0.2) is 20.3 Å². The molecule has 25 heavy (non-hydrogen) atoms. The summed E-state index contributed by atoms with van der Waals surface area (Å²) in [5.74, 6) is 1.04. The molecule has 0 fully saturated rings. The fraction of sp³-hybridized carbons (Fsp3) is 0. The summed E-state index contributed by atoms with van der Waals surface area (Å²) >= 11 is 6.84.